The Kier molecular flexibility index (Phi) is 4.46. The second-order valence-corrected chi connectivity index (χ2v) is 5.77. The van der Waals surface area contributed by atoms with Crippen molar-refractivity contribution in [3.8, 4) is 5.75 Å². The molecule has 2 unspecified atom stereocenters. The number of fused-ring (bicyclic) bond motifs is 1. The molecule has 0 bridgehead atoms. The fourth-order valence-electron chi connectivity index (χ4n) is 2.23. The number of rotatable bonds is 5. The minimum atomic E-state index is -0.192. The molecule has 0 spiro atoms. The molecule has 0 fully saturated rings. The molecule has 0 saturated heterocycles. The lowest BCUT2D eigenvalue weighted by Gasteiger charge is -2.21. The van der Waals surface area contributed by atoms with E-state index in [-0.39, 0.29) is 17.3 Å². The minimum absolute atomic E-state index is 0.123. The maximum absolute atomic E-state index is 13.1. The van der Waals surface area contributed by atoms with Crippen molar-refractivity contribution in [2.75, 3.05) is 20.1 Å². The van der Waals surface area contributed by atoms with E-state index in [4.69, 9.17) is 16.3 Å². The third-order valence-electron chi connectivity index (χ3n) is 3.19. The highest BCUT2D eigenvalue weighted by Gasteiger charge is 2.24. The zero-order valence-electron chi connectivity index (χ0n) is 10.8. The predicted octanol–water partition coefficient (Wildman–Crippen LogP) is 3.08. The highest BCUT2D eigenvalue weighted by atomic mass is 35.5. The summed E-state index contributed by atoms with van der Waals surface area (Å²) >= 11 is 5.93. The molecule has 0 saturated carbocycles. The van der Waals surface area contributed by atoms with Crippen LogP contribution in [-0.4, -0.2) is 36.5 Å². The van der Waals surface area contributed by atoms with Gasteiger partial charge >= 0.3 is 0 Å². The normalized spacial score (nSPS) is 19.7. The van der Waals surface area contributed by atoms with E-state index >= 15 is 0 Å². The highest BCUT2D eigenvalue weighted by Crippen LogP contribution is 2.29. The second-order valence-electron chi connectivity index (χ2n) is 5.03. The lowest BCUT2D eigenvalue weighted by Crippen LogP contribution is -2.33. The maximum Gasteiger partial charge on any atom is 0.123 e. The van der Waals surface area contributed by atoms with Crippen molar-refractivity contribution in [3.05, 3.63) is 29.6 Å². The molecular weight excluding hydrogens is 253 g/mol. The number of benzene rings is 1. The van der Waals surface area contributed by atoms with Gasteiger partial charge in [-0.3, -0.25) is 0 Å². The Bertz CT molecular complexity index is 411. The van der Waals surface area contributed by atoms with Crippen LogP contribution in [0.5, 0.6) is 5.75 Å². The number of likely N-dealkylation sites (N-methyl/N-ethyl adjacent to an activating group) is 1. The second kappa shape index (κ2) is 5.89. The smallest absolute Gasteiger partial charge is 0.123 e. The first-order chi connectivity index (χ1) is 8.54. The molecule has 1 aliphatic heterocycles. The van der Waals surface area contributed by atoms with Crippen LogP contribution < -0.4 is 4.74 Å². The van der Waals surface area contributed by atoms with E-state index in [2.05, 4.69) is 11.9 Å². The molecule has 0 radical (unpaired) electrons. The number of halogens is 2. The monoisotopic (exact) mass is 271 g/mol. The van der Waals surface area contributed by atoms with E-state index in [0.717, 1.165) is 37.2 Å². The molecule has 1 aromatic rings. The van der Waals surface area contributed by atoms with Gasteiger partial charge in [0.15, 0.2) is 0 Å². The fraction of sp³-hybridized carbons (Fsp3) is 0.571. The van der Waals surface area contributed by atoms with Crippen LogP contribution in [0.3, 0.4) is 0 Å². The van der Waals surface area contributed by atoms with E-state index < -0.39 is 0 Å². The van der Waals surface area contributed by atoms with Crippen LogP contribution in [0, 0.1) is 5.82 Å². The Morgan fingerprint density at radius 1 is 1.56 bits per heavy atom. The summed E-state index contributed by atoms with van der Waals surface area (Å²) in [7, 11) is 2.06. The van der Waals surface area contributed by atoms with Crippen molar-refractivity contribution in [3.63, 3.8) is 0 Å². The van der Waals surface area contributed by atoms with Crippen LogP contribution in [0.2, 0.25) is 0 Å². The molecule has 18 heavy (non-hydrogen) atoms. The van der Waals surface area contributed by atoms with Crippen LogP contribution in [0.25, 0.3) is 0 Å². The van der Waals surface area contributed by atoms with E-state index in [1.807, 2.05) is 6.92 Å². The molecule has 1 heterocycles. The van der Waals surface area contributed by atoms with Gasteiger partial charge in [0.2, 0.25) is 0 Å². The summed E-state index contributed by atoms with van der Waals surface area (Å²) < 4.78 is 18.9. The Morgan fingerprint density at radius 2 is 2.33 bits per heavy atom. The van der Waals surface area contributed by atoms with Gasteiger partial charge in [0, 0.05) is 23.9 Å². The predicted molar refractivity (Wildman–Crippen MR) is 71.9 cm³/mol. The van der Waals surface area contributed by atoms with Crippen LogP contribution in [0.4, 0.5) is 4.39 Å². The first-order valence-electron chi connectivity index (χ1n) is 6.32. The molecule has 100 valence electrons. The van der Waals surface area contributed by atoms with Gasteiger partial charge in [-0.15, -0.1) is 11.6 Å². The van der Waals surface area contributed by atoms with Gasteiger partial charge in [-0.1, -0.05) is 0 Å². The summed E-state index contributed by atoms with van der Waals surface area (Å²) in [5.41, 5.74) is 0.971. The first-order valence-corrected chi connectivity index (χ1v) is 6.76. The Balaban J connectivity index is 1.84. The van der Waals surface area contributed by atoms with Gasteiger partial charge in [-0.25, -0.2) is 4.39 Å². The van der Waals surface area contributed by atoms with Crippen LogP contribution in [-0.2, 0) is 6.42 Å². The van der Waals surface area contributed by atoms with Gasteiger partial charge in [0.1, 0.15) is 17.7 Å². The van der Waals surface area contributed by atoms with E-state index in [9.17, 15) is 4.39 Å². The molecule has 0 N–H and O–H groups in total. The van der Waals surface area contributed by atoms with Crippen molar-refractivity contribution in [2.24, 2.45) is 0 Å². The minimum Gasteiger partial charge on any atom is -0.488 e. The largest absolute Gasteiger partial charge is 0.488 e. The quantitative estimate of drug-likeness (QED) is 0.763. The first kappa shape index (κ1) is 13.6. The summed E-state index contributed by atoms with van der Waals surface area (Å²) in [6, 6.07) is 4.72. The number of hydrogen-bond acceptors (Lipinski definition) is 2. The lowest BCUT2D eigenvalue weighted by atomic mass is 10.1. The summed E-state index contributed by atoms with van der Waals surface area (Å²) in [4.78, 5) is 2.21. The van der Waals surface area contributed by atoms with Crippen molar-refractivity contribution < 1.29 is 9.13 Å². The zero-order valence-corrected chi connectivity index (χ0v) is 11.6. The third kappa shape index (κ3) is 3.59. The molecule has 0 aliphatic carbocycles. The molecule has 2 rings (SSSR count). The van der Waals surface area contributed by atoms with Crippen molar-refractivity contribution in [2.45, 2.75) is 31.2 Å². The zero-order chi connectivity index (χ0) is 13.1. The summed E-state index contributed by atoms with van der Waals surface area (Å²) in [6.07, 6.45) is 1.87. The maximum atomic E-state index is 13.1. The van der Waals surface area contributed by atoms with Crippen molar-refractivity contribution >= 4 is 11.6 Å². The number of ether oxygens (including phenoxy) is 1. The van der Waals surface area contributed by atoms with Crippen LogP contribution in [0.15, 0.2) is 18.2 Å². The van der Waals surface area contributed by atoms with Gasteiger partial charge in [0.05, 0.1) is 0 Å². The molecule has 2 atom stereocenters. The molecule has 2 nitrogen and oxygen atoms in total. The fourth-order valence-corrected chi connectivity index (χ4v) is 2.33. The molecule has 0 amide bonds. The SMILES string of the molecule is CC(Cl)CCN(C)CC1Cc2cc(F)ccc2O1. The topological polar surface area (TPSA) is 12.5 Å². The molecular formula is C14H19ClFNO. The summed E-state index contributed by atoms with van der Waals surface area (Å²) in [5.74, 6) is 0.628. The van der Waals surface area contributed by atoms with E-state index in [1.165, 1.54) is 6.07 Å². The summed E-state index contributed by atoms with van der Waals surface area (Å²) in [5, 5.41) is 0.197. The third-order valence-corrected chi connectivity index (χ3v) is 3.41. The Hall–Kier alpha value is -0.800. The van der Waals surface area contributed by atoms with Crippen molar-refractivity contribution in [1.82, 2.24) is 4.90 Å². The summed E-state index contributed by atoms with van der Waals surface area (Å²) in [6.45, 7) is 3.80. The molecule has 4 heteroatoms. The average Bonchev–Trinajstić information content (AvgIpc) is 2.67. The van der Waals surface area contributed by atoms with Gasteiger partial charge in [0.25, 0.3) is 0 Å². The number of alkyl halides is 1. The molecule has 1 aromatic carbocycles. The number of hydrogen-bond donors (Lipinski definition) is 0. The average molecular weight is 272 g/mol. The van der Waals surface area contributed by atoms with Gasteiger partial charge in [-0.2, -0.15) is 0 Å². The molecule has 0 aromatic heterocycles. The highest BCUT2D eigenvalue weighted by molar-refractivity contribution is 6.20. The molecule has 1 aliphatic rings. The van der Waals surface area contributed by atoms with E-state index in [1.54, 1.807) is 12.1 Å². The number of nitrogens with zero attached hydrogens (tertiary/aromatic N) is 1. The van der Waals surface area contributed by atoms with Crippen LogP contribution in [0.1, 0.15) is 18.9 Å². The standard InChI is InChI=1S/C14H19ClFNO/c1-10(15)5-6-17(2)9-13-8-11-7-12(16)3-4-14(11)18-13/h3-4,7,10,13H,5-6,8-9H2,1-2H3. The van der Waals surface area contributed by atoms with Crippen LogP contribution >= 0.6 is 11.6 Å². The van der Waals surface area contributed by atoms with Crippen molar-refractivity contribution in [1.29, 1.82) is 0 Å². The van der Waals surface area contributed by atoms with Gasteiger partial charge < -0.3 is 9.64 Å². The Labute approximate surface area is 113 Å². The lowest BCUT2D eigenvalue weighted by molar-refractivity contribution is 0.168. The van der Waals surface area contributed by atoms with E-state index in [0.29, 0.717) is 0 Å². The Morgan fingerprint density at radius 3 is 3.06 bits per heavy atom. The van der Waals surface area contributed by atoms with Gasteiger partial charge in [-0.05, 0) is 45.1 Å².